The fourth-order valence-corrected chi connectivity index (χ4v) is 3.15. The lowest BCUT2D eigenvalue weighted by molar-refractivity contribution is -0.286. The number of Topliss-reactive ketones (excluding diaryl/α,β-unsaturated/α-hetero) is 1. The van der Waals surface area contributed by atoms with Gasteiger partial charge in [-0.15, -0.1) is 8.78 Å². The van der Waals surface area contributed by atoms with Gasteiger partial charge in [0.25, 0.3) is 0 Å². The summed E-state index contributed by atoms with van der Waals surface area (Å²) < 4.78 is 35.5. The zero-order chi connectivity index (χ0) is 21.3. The Hall–Kier alpha value is -3.29. The lowest BCUT2D eigenvalue weighted by atomic mass is 9.96. The van der Waals surface area contributed by atoms with E-state index in [0.717, 1.165) is 11.1 Å². The Morgan fingerprint density at radius 2 is 1.72 bits per heavy atom. The maximum absolute atomic E-state index is 13.3. The van der Waals surface area contributed by atoms with Crippen molar-refractivity contribution >= 4 is 23.1 Å². The molecule has 29 heavy (non-hydrogen) atoms. The Bertz CT molecular complexity index is 987. The van der Waals surface area contributed by atoms with Gasteiger partial charge in [-0.25, -0.2) is 0 Å². The molecule has 0 radical (unpaired) electrons. The quantitative estimate of drug-likeness (QED) is 0.548. The minimum Gasteiger partial charge on any atom is -0.395 e. The zero-order valence-electron chi connectivity index (χ0n) is 16.1. The Kier molecular flexibility index (Phi) is 5.37. The van der Waals surface area contributed by atoms with Crippen molar-refractivity contribution in [1.29, 1.82) is 5.41 Å². The predicted octanol–water partition coefficient (Wildman–Crippen LogP) is 4.56. The summed E-state index contributed by atoms with van der Waals surface area (Å²) in [5.74, 6) is -2.13. The first-order valence-corrected chi connectivity index (χ1v) is 9.01. The Morgan fingerprint density at radius 3 is 2.28 bits per heavy atom. The van der Waals surface area contributed by atoms with E-state index in [1.54, 1.807) is 38.1 Å². The van der Waals surface area contributed by atoms with E-state index in [1.807, 2.05) is 0 Å². The molecule has 2 aromatic carbocycles. The van der Waals surface area contributed by atoms with Gasteiger partial charge in [0.15, 0.2) is 11.5 Å². The SMILES string of the molecule is CCC(=N)C(C(C)=O)C(=O)Nc1ccc(-c2cc3c(cc2C)OC(F)(F)O3)cc1. The van der Waals surface area contributed by atoms with Gasteiger partial charge in [-0.05, 0) is 61.2 Å². The molecule has 0 saturated carbocycles. The standard InChI is InChI=1S/C21H20F2N2O4/c1-4-16(24)19(12(3)26)20(27)25-14-7-5-13(6-8-14)15-10-18-17(9-11(15)2)28-21(22,23)29-18/h5-10,19,24H,4H2,1-3H3,(H,25,27). The van der Waals surface area contributed by atoms with Crippen molar-refractivity contribution in [3.05, 3.63) is 42.0 Å². The summed E-state index contributed by atoms with van der Waals surface area (Å²) in [5.41, 5.74) is 2.64. The van der Waals surface area contributed by atoms with Crippen LogP contribution in [0.3, 0.4) is 0 Å². The Labute approximate surface area is 166 Å². The molecule has 1 amide bonds. The van der Waals surface area contributed by atoms with E-state index in [4.69, 9.17) is 5.41 Å². The molecule has 0 aromatic heterocycles. The van der Waals surface area contributed by atoms with Gasteiger partial charge in [0.1, 0.15) is 11.7 Å². The highest BCUT2D eigenvalue weighted by molar-refractivity contribution is 6.22. The van der Waals surface area contributed by atoms with Crippen LogP contribution in [-0.4, -0.2) is 23.7 Å². The number of ketones is 1. The van der Waals surface area contributed by atoms with Gasteiger partial charge < -0.3 is 20.2 Å². The average Bonchev–Trinajstić information content (AvgIpc) is 2.94. The van der Waals surface area contributed by atoms with Crippen molar-refractivity contribution < 1.29 is 27.8 Å². The van der Waals surface area contributed by atoms with E-state index in [1.165, 1.54) is 19.1 Å². The van der Waals surface area contributed by atoms with Gasteiger partial charge in [0, 0.05) is 11.4 Å². The number of halogens is 2. The molecule has 0 spiro atoms. The summed E-state index contributed by atoms with van der Waals surface area (Å²) in [6, 6.07) is 9.66. The lowest BCUT2D eigenvalue weighted by Gasteiger charge is -2.15. The molecule has 3 rings (SSSR count). The fraction of sp³-hybridized carbons (Fsp3) is 0.286. The molecule has 0 saturated heterocycles. The number of anilines is 1. The molecular weight excluding hydrogens is 382 g/mol. The number of hydrogen-bond acceptors (Lipinski definition) is 5. The van der Waals surface area contributed by atoms with Crippen molar-refractivity contribution in [2.24, 2.45) is 5.92 Å². The highest BCUT2D eigenvalue weighted by atomic mass is 19.3. The average molecular weight is 402 g/mol. The van der Waals surface area contributed by atoms with Crippen LogP contribution >= 0.6 is 0 Å². The molecule has 1 atom stereocenters. The second-order valence-corrected chi connectivity index (χ2v) is 6.77. The van der Waals surface area contributed by atoms with E-state index in [-0.39, 0.29) is 17.2 Å². The summed E-state index contributed by atoms with van der Waals surface area (Å²) >= 11 is 0. The smallest absolute Gasteiger partial charge is 0.395 e. The minimum absolute atomic E-state index is 0.0196. The highest BCUT2D eigenvalue weighted by Gasteiger charge is 2.43. The number of ether oxygens (including phenoxy) is 2. The monoisotopic (exact) mass is 402 g/mol. The van der Waals surface area contributed by atoms with E-state index in [0.29, 0.717) is 17.7 Å². The van der Waals surface area contributed by atoms with Crippen LogP contribution in [0.4, 0.5) is 14.5 Å². The van der Waals surface area contributed by atoms with Crippen molar-refractivity contribution in [3.8, 4) is 22.6 Å². The fourth-order valence-electron chi connectivity index (χ4n) is 3.15. The van der Waals surface area contributed by atoms with E-state index in [9.17, 15) is 18.4 Å². The van der Waals surface area contributed by atoms with Crippen molar-refractivity contribution in [3.63, 3.8) is 0 Å². The summed E-state index contributed by atoms with van der Waals surface area (Å²) in [7, 11) is 0. The van der Waals surface area contributed by atoms with Crippen LogP contribution in [0, 0.1) is 18.3 Å². The maximum atomic E-state index is 13.3. The van der Waals surface area contributed by atoms with Crippen LogP contribution in [0.5, 0.6) is 11.5 Å². The molecule has 6 nitrogen and oxygen atoms in total. The maximum Gasteiger partial charge on any atom is 0.586 e. The van der Waals surface area contributed by atoms with Crippen LogP contribution in [-0.2, 0) is 9.59 Å². The lowest BCUT2D eigenvalue weighted by Crippen LogP contribution is -2.34. The van der Waals surface area contributed by atoms with Crippen LogP contribution < -0.4 is 14.8 Å². The summed E-state index contributed by atoms with van der Waals surface area (Å²) in [5, 5.41) is 10.5. The van der Waals surface area contributed by atoms with Crippen LogP contribution in [0.2, 0.25) is 0 Å². The third-order valence-corrected chi connectivity index (χ3v) is 4.61. The van der Waals surface area contributed by atoms with Crippen LogP contribution in [0.15, 0.2) is 36.4 Å². The number of aryl methyl sites for hydroxylation is 1. The molecule has 8 heteroatoms. The number of carbonyl (C=O) groups is 2. The first-order chi connectivity index (χ1) is 13.6. The summed E-state index contributed by atoms with van der Waals surface area (Å²) in [6.45, 7) is 4.76. The van der Waals surface area contributed by atoms with Crippen LogP contribution in [0.25, 0.3) is 11.1 Å². The number of nitrogens with one attached hydrogen (secondary N) is 2. The third kappa shape index (κ3) is 4.26. The number of hydrogen-bond donors (Lipinski definition) is 2. The van der Waals surface area contributed by atoms with Gasteiger partial charge in [-0.3, -0.25) is 9.59 Å². The zero-order valence-corrected chi connectivity index (χ0v) is 16.1. The van der Waals surface area contributed by atoms with Gasteiger partial charge in [0.2, 0.25) is 5.91 Å². The predicted molar refractivity (Wildman–Crippen MR) is 104 cm³/mol. The molecule has 1 aliphatic rings. The van der Waals surface area contributed by atoms with Crippen molar-refractivity contribution in [1.82, 2.24) is 0 Å². The Morgan fingerprint density at radius 1 is 1.14 bits per heavy atom. The molecular formula is C21H20F2N2O4. The second-order valence-electron chi connectivity index (χ2n) is 6.77. The largest absolute Gasteiger partial charge is 0.586 e. The van der Waals surface area contributed by atoms with Crippen molar-refractivity contribution in [2.45, 2.75) is 33.5 Å². The minimum atomic E-state index is -3.68. The van der Waals surface area contributed by atoms with E-state index in [2.05, 4.69) is 14.8 Å². The summed E-state index contributed by atoms with van der Waals surface area (Å²) in [4.78, 5) is 24.1. The molecule has 0 fully saturated rings. The van der Waals surface area contributed by atoms with Crippen LogP contribution in [0.1, 0.15) is 25.8 Å². The number of alkyl halides is 2. The first kappa shape index (κ1) is 20.4. The number of rotatable bonds is 6. The summed E-state index contributed by atoms with van der Waals surface area (Å²) in [6.07, 6.45) is -3.37. The molecule has 1 unspecified atom stereocenters. The van der Waals surface area contributed by atoms with E-state index < -0.39 is 23.9 Å². The normalized spacial score (nSPS) is 14.9. The third-order valence-electron chi connectivity index (χ3n) is 4.61. The second kappa shape index (κ2) is 7.62. The molecule has 0 aliphatic carbocycles. The van der Waals surface area contributed by atoms with Gasteiger partial charge in [0.05, 0.1) is 0 Å². The van der Waals surface area contributed by atoms with Gasteiger partial charge in [-0.2, -0.15) is 0 Å². The Balaban J connectivity index is 1.80. The molecule has 0 bridgehead atoms. The first-order valence-electron chi connectivity index (χ1n) is 9.01. The topological polar surface area (TPSA) is 88.5 Å². The van der Waals surface area contributed by atoms with Gasteiger partial charge in [-0.1, -0.05) is 19.1 Å². The number of carbonyl (C=O) groups excluding carboxylic acids is 2. The van der Waals surface area contributed by atoms with Gasteiger partial charge >= 0.3 is 6.29 Å². The number of fused-ring (bicyclic) bond motifs is 1. The van der Waals surface area contributed by atoms with E-state index >= 15 is 0 Å². The molecule has 2 aromatic rings. The molecule has 2 N–H and O–H groups in total. The highest BCUT2D eigenvalue weighted by Crippen LogP contribution is 2.44. The number of amides is 1. The molecule has 152 valence electrons. The molecule has 1 aliphatic heterocycles. The van der Waals surface area contributed by atoms with Crippen molar-refractivity contribution in [2.75, 3.05) is 5.32 Å². The number of benzene rings is 2. The molecule has 1 heterocycles.